The minimum atomic E-state index is -4.45. The molecule has 4 aromatic rings. The predicted octanol–water partition coefficient (Wildman–Crippen LogP) is 13.9. The molecule has 66 heavy (non-hydrogen) atoms. The first-order valence-corrected chi connectivity index (χ1v) is 23.9. The SMILES string of the molecule is CC(c1ccc(Br)cc1)(c1ccc(Br)cc1)C(F)(F)F.CC1(C)OB(B2OC(C)(C)C(C)(C)O2)OC1(C)C.CC1(C)OB(c2ccc(C(C)(c3ccc(Br)cc3)C(F)(F)F)cc2)OC1(C)C. The van der Waals surface area contributed by atoms with Gasteiger partial charge >= 0.3 is 33.5 Å². The Bertz CT molecular complexity index is 2160. The first-order chi connectivity index (χ1) is 29.9. The first-order valence-electron chi connectivity index (χ1n) is 21.5. The van der Waals surface area contributed by atoms with Crippen LogP contribution in [0.15, 0.2) is 110 Å². The van der Waals surface area contributed by atoms with Crippen LogP contribution in [0.2, 0.25) is 0 Å². The van der Waals surface area contributed by atoms with Gasteiger partial charge in [-0.15, -0.1) is 0 Å². The Morgan fingerprint density at radius 1 is 0.348 bits per heavy atom. The predicted molar refractivity (Wildman–Crippen MR) is 262 cm³/mol. The number of hydrogen-bond acceptors (Lipinski definition) is 6. The summed E-state index contributed by atoms with van der Waals surface area (Å²) in [4.78, 5) is 0. The molecule has 0 bridgehead atoms. The minimum Gasteiger partial charge on any atom is -0.405 e. The summed E-state index contributed by atoms with van der Waals surface area (Å²) in [6.45, 7) is 26.4. The molecule has 0 aromatic heterocycles. The highest BCUT2D eigenvalue weighted by Gasteiger charge is 2.64. The van der Waals surface area contributed by atoms with E-state index in [2.05, 4.69) is 47.8 Å². The lowest BCUT2D eigenvalue weighted by atomic mass is 9.49. The van der Waals surface area contributed by atoms with Gasteiger partial charge in [0, 0.05) is 13.4 Å². The maximum absolute atomic E-state index is 14.1. The molecular weight excluding hydrogens is 1060 g/mol. The van der Waals surface area contributed by atoms with E-state index in [0.29, 0.717) is 5.46 Å². The van der Waals surface area contributed by atoms with Crippen LogP contribution in [0.5, 0.6) is 0 Å². The maximum Gasteiger partial charge on any atom is 0.494 e. The van der Waals surface area contributed by atoms with Crippen molar-refractivity contribution in [1.82, 2.24) is 0 Å². The van der Waals surface area contributed by atoms with Crippen molar-refractivity contribution in [3.05, 3.63) is 133 Å². The second-order valence-electron chi connectivity index (χ2n) is 20.2. The monoisotopic (exact) mass is 1110 g/mol. The average Bonchev–Trinajstić information content (AvgIpc) is 3.67. The van der Waals surface area contributed by atoms with Gasteiger partial charge in [0.05, 0.1) is 33.6 Å². The fraction of sp³-hybridized carbons (Fsp3) is 0.500. The molecular formula is C48H58B3Br3F6O6. The number of hydrogen-bond donors (Lipinski definition) is 0. The van der Waals surface area contributed by atoms with Crippen molar-refractivity contribution in [2.75, 3.05) is 0 Å². The molecule has 3 fully saturated rings. The maximum atomic E-state index is 14.1. The quantitative estimate of drug-likeness (QED) is 0.142. The Balaban J connectivity index is 0.000000192. The molecule has 4 aromatic carbocycles. The van der Waals surface area contributed by atoms with Crippen molar-refractivity contribution < 1.29 is 54.3 Å². The van der Waals surface area contributed by atoms with Crippen LogP contribution in [0.1, 0.15) is 119 Å². The molecule has 1 unspecified atom stereocenters. The molecule has 3 heterocycles. The van der Waals surface area contributed by atoms with Gasteiger partial charge in [-0.2, -0.15) is 26.3 Å². The normalized spacial score (nSPS) is 21.3. The zero-order chi connectivity index (χ0) is 49.9. The van der Waals surface area contributed by atoms with Crippen molar-refractivity contribution >= 4 is 74.4 Å². The average molecular weight is 1120 g/mol. The third-order valence-electron chi connectivity index (χ3n) is 14.2. The summed E-state index contributed by atoms with van der Waals surface area (Å²) < 4.78 is 121. The Morgan fingerprint density at radius 3 is 0.758 bits per heavy atom. The number of rotatable bonds is 6. The van der Waals surface area contributed by atoms with Gasteiger partial charge < -0.3 is 27.9 Å². The Hall–Kier alpha value is -2.15. The van der Waals surface area contributed by atoms with Crippen LogP contribution in [0, 0.1) is 0 Å². The van der Waals surface area contributed by atoms with Gasteiger partial charge in [0.15, 0.2) is 0 Å². The number of benzene rings is 4. The molecule has 0 N–H and O–H groups in total. The standard InChI is InChI=1S/C21H23BBrF3O2.C15H11Br2F3.C12H24B2O4/c1-18(2)19(3,4)28-22(27-18)16-10-6-14(7-11-16)20(5,21(24,25)26)15-8-12-17(23)13-9-15;1-14(15(18,19)20,10-2-6-12(16)7-3-10)11-4-8-13(17)9-5-11;1-9(2)10(3,4)16-13(15-9)14-17-11(5,6)12(7,8)18-14/h6-13H,1-5H3;2-9H,1H3;1-8H3. The van der Waals surface area contributed by atoms with E-state index in [4.69, 9.17) is 27.9 Å². The van der Waals surface area contributed by atoms with E-state index in [-0.39, 0.29) is 44.7 Å². The molecule has 1 atom stereocenters. The summed E-state index contributed by atoms with van der Waals surface area (Å²) in [5.74, 6) is 0. The van der Waals surface area contributed by atoms with E-state index < -0.39 is 55.5 Å². The van der Waals surface area contributed by atoms with Gasteiger partial charge in [0.25, 0.3) is 0 Å². The molecule has 3 saturated heterocycles. The van der Waals surface area contributed by atoms with E-state index in [0.717, 1.165) is 13.4 Å². The molecule has 0 saturated carbocycles. The molecule has 0 aliphatic carbocycles. The van der Waals surface area contributed by atoms with Crippen LogP contribution in [0.25, 0.3) is 0 Å². The van der Waals surface area contributed by atoms with Crippen LogP contribution in [-0.2, 0) is 38.8 Å². The van der Waals surface area contributed by atoms with Gasteiger partial charge in [-0.25, -0.2) is 0 Å². The molecule has 18 heteroatoms. The van der Waals surface area contributed by atoms with Crippen LogP contribution in [-0.4, -0.2) is 67.1 Å². The van der Waals surface area contributed by atoms with Crippen LogP contribution in [0.3, 0.4) is 0 Å². The number of halogens is 9. The van der Waals surface area contributed by atoms with E-state index in [1.165, 1.54) is 62.4 Å². The lowest BCUT2D eigenvalue weighted by Crippen LogP contribution is -2.41. The minimum absolute atomic E-state index is 0.169. The Morgan fingerprint density at radius 2 is 0.545 bits per heavy atom. The van der Waals surface area contributed by atoms with Crippen molar-refractivity contribution in [3.63, 3.8) is 0 Å². The second kappa shape index (κ2) is 18.9. The highest BCUT2D eigenvalue weighted by molar-refractivity contribution is 9.11. The van der Waals surface area contributed by atoms with Gasteiger partial charge in [-0.1, -0.05) is 108 Å². The summed E-state index contributed by atoms with van der Waals surface area (Å²) >= 11 is 9.76. The van der Waals surface area contributed by atoms with Crippen molar-refractivity contribution in [1.29, 1.82) is 0 Å². The Labute approximate surface area is 412 Å². The molecule has 3 aliphatic rings. The van der Waals surface area contributed by atoms with Gasteiger partial charge in [0.1, 0.15) is 10.8 Å². The zero-order valence-electron chi connectivity index (χ0n) is 39.8. The summed E-state index contributed by atoms with van der Waals surface area (Å²) in [6, 6.07) is 25.1. The second-order valence-corrected chi connectivity index (χ2v) is 23.0. The van der Waals surface area contributed by atoms with E-state index in [1.54, 1.807) is 48.5 Å². The summed E-state index contributed by atoms with van der Waals surface area (Å²) in [6.07, 6.45) is -8.83. The van der Waals surface area contributed by atoms with Gasteiger partial charge in [-0.05, 0) is 161 Å². The molecule has 6 nitrogen and oxygen atoms in total. The van der Waals surface area contributed by atoms with E-state index >= 15 is 0 Å². The number of alkyl halides is 6. The van der Waals surface area contributed by atoms with Gasteiger partial charge in [0.2, 0.25) is 0 Å². The fourth-order valence-electron chi connectivity index (χ4n) is 7.29. The summed E-state index contributed by atoms with van der Waals surface area (Å²) in [5.41, 5.74) is -5.12. The molecule has 0 spiro atoms. The smallest absolute Gasteiger partial charge is 0.405 e. The molecule has 3 aliphatic heterocycles. The zero-order valence-corrected chi connectivity index (χ0v) is 44.6. The first kappa shape index (κ1) is 54.8. The largest absolute Gasteiger partial charge is 0.494 e. The van der Waals surface area contributed by atoms with E-state index in [1.807, 2.05) is 83.1 Å². The highest BCUT2D eigenvalue weighted by atomic mass is 79.9. The molecule has 358 valence electrons. The van der Waals surface area contributed by atoms with Crippen LogP contribution >= 0.6 is 47.8 Å². The lowest BCUT2D eigenvalue weighted by Gasteiger charge is -2.33. The van der Waals surface area contributed by atoms with Gasteiger partial charge in [-0.3, -0.25) is 0 Å². The van der Waals surface area contributed by atoms with Crippen molar-refractivity contribution in [2.45, 2.75) is 154 Å². The third kappa shape index (κ3) is 10.9. The third-order valence-corrected chi connectivity index (χ3v) is 15.8. The molecule has 0 radical (unpaired) electrons. The molecule has 7 rings (SSSR count). The van der Waals surface area contributed by atoms with Crippen LogP contribution < -0.4 is 5.46 Å². The van der Waals surface area contributed by atoms with Crippen molar-refractivity contribution in [3.8, 4) is 0 Å². The lowest BCUT2D eigenvalue weighted by molar-refractivity contribution is -0.173. The summed E-state index contributed by atoms with van der Waals surface area (Å²) in [5, 5.41) is 0. The highest BCUT2D eigenvalue weighted by Crippen LogP contribution is 2.48. The topological polar surface area (TPSA) is 55.4 Å². The summed E-state index contributed by atoms with van der Waals surface area (Å²) in [7, 11) is -1.56. The fourth-order valence-corrected chi connectivity index (χ4v) is 8.08. The van der Waals surface area contributed by atoms with E-state index in [9.17, 15) is 26.3 Å². The molecule has 0 amide bonds. The van der Waals surface area contributed by atoms with Crippen LogP contribution in [0.4, 0.5) is 26.3 Å². The van der Waals surface area contributed by atoms with Crippen molar-refractivity contribution in [2.24, 2.45) is 0 Å². The Kier molecular flexibility index (Phi) is 15.7.